The van der Waals surface area contributed by atoms with E-state index in [4.69, 9.17) is 0 Å². The number of benzene rings is 1. The Morgan fingerprint density at radius 1 is 1.15 bits per heavy atom. The van der Waals surface area contributed by atoms with Crippen molar-refractivity contribution in [3.8, 4) is 0 Å². The standard InChI is InChI=1S/C20H30N4O3/c1-15-5-3-4-6-19(15)21-20(25)16(2)22-11-13-23(14-12-22)17-7-9-18(10-8-17)24(26)27/h7-10,15-16,19H,3-6,11-14H2,1-2H3,(H,21,25)/t15-,16-,19+/m1/s1. The first-order chi connectivity index (χ1) is 13.0. The second-order valence-corrected chi connectivity index (χ2v) is 7.85. The number of piperazine rings is 1. The van der Waals surface area contributed by atoms with Gasteiger partial charge < -0.3 is 10.2 Å². The Balaban J connectivity index is 1.50. The van der Waals surface area contributed by atoms with Crippen molar-refractivity contribution in [2.75, 3.05) is 31.1 Å². The van der Waals surface area contributed by atoms with E-state index in [1.807, 2.05) is 6.92 Å². The summed E-state index contributed by atoms with van der Waals surface area (Å²) in [5, 5.41) is 14.0. The van der Waals surface area contributed by atoms with Crippen molar-refractivity contribution in [3.63, 3.8) is 0 Å². The molecule has 0 radical (unpaired) electrons. The molecule has 1 saturated heterocycles. The summed E-state index contributed by atoms with van der Waals surface area (Å²) in [6.45, 7) is 7.48. The summed E-state index contributed by atoms with van der Waals surface area (Å²) in [6.07, 6.45) is 4.77. The van der Waals surface area contributed by atoms with E-state index in [9.17, 15) is 14.9 Å². The molecule has 0 bridgehead atoms. The number of amides is 1. The van der Waals surface area contributed by atoms with Crippen molar-refractivity contribution in [1.82, 2.24) is 10.2 Å². The number of carbonyl (C=O) groups excluding carboxylic acids is 1. The minimum Gasteiger partial charge on any atom is -0.369 e. The smallest absolute Gasteiger partial charge is 0.269 e. The van der Waals surface area contributed by atoms with Crippen LogP contribution in [0.15, 0.2) is 24.3 Å². The second kappa shape index (κ2) is 8.69. The van der Waals surface area contributed by atoms with Gasteiger partial charge in [-0.05, 0) is 37.8 Å². The number of rotatable bonds is 5. The fourth-order valence-corrected chi connectivity index (χ4v) is 4.15. The van der Waals surface area contributed by atoms with Gasteiger partial charge in [-0.3, -0.25) is 19.8 Å². The van der Waals surface area contributed by atoms with Crippen molar-refractivity contribution in [3.05, 3.63) is 34.4 Å². The van der Waals surface area contributed by atoms with Gasteiger partial charge >= 0.3 is 0 Å². The predicted octanol–water partition coefficient (Wildman–Crippen LogP) is 2.80. The van der Waals surface area contributed by atoms with Gasteiger partial charge in [-0.2, -0.15) is 0 Å². The lowest BCUT2D eigenvalue weighted by Crippen LogP contribution is -2.55. The molecule has 1 aliphatic heterocycles. The van der Waals surface area contributed by atoms with Gasteiger partial charge in [-0.15, -0.1) is 0 Å². The van der Waals surface area contributed by atoms with Gasteiger partial charge in [0.1, 0.15) is 0 Å². The van der Waals surface area contributed by atoms with Gasteiger partial charge in [0.15, 0.2) is 0 Å². The molecule has 1 saturated carbocycles. The summed E-state index contributed by atoms with van der Waals surface area (Å²) in [5.41, 5.74) is 1.10. The molecule has 2 aliphatic rings. The topological polar surface area (TPSA) is 78.7 Å². The molecule has 148 valence electrons. The molecule has 1 amide bonds. The maximum absolute atomic E-state index is 12.7. The molecule has 1 aromatic carbocycles. The van der Waals surface area contributed by atoms with Crippen molar-refractivity contribution in [2.45, 2.75) is 51.6 Å². The minimum atomic E-state index is -0.380. The average Bonchev–Trinajstić information content (AvgIpc) is 2.69. The lowest BCUT2D eigenvalue weighted by atomic mass is 9.86. The van der Waals surface area contributed by atoms with Gasteiger partial charge in [0.2, 0.25) is 5.91 Å². The number of nitrogens with zero attached hydrogens (tertiary/aromatic N) is 3. The normalized spacial score (nSPS) is 25.0. The molecular weight excluding hydrogens is 344 g/mol. The Morgan fingerprint density at radius 3 is 2.37 bits per heavy atom. The number of non-ortho nitro benzene ring substituents is 1. The van der Waals surface area contributed by atoms with E-state index >= 15 is 0 Å². The molecular formula is C20H30N4O3. The lowest BCUT2D eigenvalue weighted by Gasteiger charge is -2.39. The van der Waals surface area contributed by atoms with E-state index in [0.717, 1.165) is 38.3 Å². The summed E-state index contributed by atoms with van der Waals surface area (Å²) in [7, 11) is 0. The first-order valence-corrected chi connectivity index (χ1v) is 9.99. The van der Waals surface area contributed by atoms with E-state index in [1.54, 1.807) is 24.3 Å². The highest BCUT2D eigenvalue weighted by Gasteiger charge is 2.29. The fourth-order valence-electron chi connectivity index (χ4n) is 4.15. The van der Waals surface area contributed by atoms with Crippen LogP contribution in [-0.4, -0.2) is 54.0 Å². The molecule has 0 spiro atoms. The lowest BCUT2D eigenvalue weighted by molar-refractivity contribution is -0.384. The summed E-state index contributed by atoms with van der Waals surface area (Å²) in [6, 6.07) is 6.88. The van der Waals surface area contributed by atoms with Gasteiger partial charge in [-0.25, -0.2) is 0 Å². The van der Waals surface area contributed by atoms with Crippen molar-refractivity contribution in [1.29, 1.82) is 0 Å². The van der Waals surface area contributed by atoms with Crippen LogP contribution in [0.1, 0.15) is 39.5 Å². The molecule has 7 nitrogen and oxygen atoms in total. The predicted molar refractivity (Wildman–Crippen MR) is 106 cm³/mol. The quantitative estimate of drug-likeness (QED) is 0.633. The van der Waals surface area contributed by atoms with E-state index in [1.165, 1.54) is 19.3 Å². The zero-order chi connectivity index (χ0) is 19.4. The largest absolute Gasteiger partial charge is 0.369 e. The highest BCUT2D eigenvalue weighted by molar-refractivity contribution is 5.81. The van der Waals surface area contributed by atoms with E-state index in [0.29, 0.717) is 12.0 Å². The third-order valence-corrected chi connectivity index (χ3v) is 6.11. The van der Waals surface area contributed by atoms with Gasteiger partial charge in [0, 0.05) is 50.0 Å². The van der Waals surface area contributed by atoms with Gasteiger partial charge in [-0.1, -0.05) is 19.8 Å². The summed E-state index contributed by atoms with van der Waals surface area (Å²) in [4.78, 5) is 27.5. The van der Waals surface area contributed by atoms with Crippen LogP contribution in [0.25, 0.3) is 0 Å². The monoisotopic (exact) mass is 374 g/mol. The summed E-state index contributed by atoms with van der Waals surface area (Å²) >= 11 is 0. The Kier molecular flexibility index (Phi) is 6.31. The van der Waals surface area contributed by atoms with E-state index in [-0.39, 0.29) is 22.6 Å². The maximum Gasteiger partial charge on any atom is 0.269 e. The molecule has 7 heteroatoms. The number of anilines is 1. The fraction of sp³-hybridized carbons (Fsp3) is 0.650. The minimum absolute atomic E-state index is 0.111. The van der Waals surface area contributed by atoms with Crippen LogP contribution in [-0.2, 0) is 4.79 Å². The number of nitro groups is 1. The van der Waals surface area contributed by atoms with Gasteiger partial charge in [0.05, 0.1) is 11.0 Å². The molecule has 3 atom stereocenters. The van der Waals surface area contributed by atoms with Crippen molar-refractivity contribution < 1.29 is 9.72 Å². The molecule has 1 N–H and O–H groups in total. The molecule has 3 rings (SSSR count). The van der Waals surface area contributed by atoms with E-state index < -0.39 is 0 Å². The summed E-state index contributed by atoms with van der Waals surface area (Å²) in [5.74, 6) is 0.700. The zero-order valence-electron chi connectivity index (χ0n) is 16.3. The average molecular weight is 374 g/mol. The highest BCUT2D eigenvalue weighted by Crippen LogP contribution is 2.24. The first kappa shape index (κ1) is 19.6. The van der Waals surface area contributed by atoms with Crippen LogP contribution in [0, 0.1) is 16.0 Å². The number of hydrogen-bond acceptors (Lipinski definition) is 5. The Morgan fingerprint density at radius 2 is 1.78 bits per heavy atom. The first-order valence-electron chi connectivity index (χ1n) is 9.99. The van der Waals surface area contributed by atoms with Gasteiger partial charge in [0.25, 0.3) is 5.69 Å². The van der Waals surface area contributed by atoms with Crippen LogP contribution in [0.3, 0.4) is 0 Å². The molecule has 1 aromatic rings. The molecule has 0 unspecified atom stereocenters. The molecule has 1 heterocycles. The third kappa shape index (κ3) is 4.77. The third-order valence-electron chi connectivity index (χ3n) is 6.11. The van der Waals surface area contributed by atoms with Crippen LogP contribution in [0.4, 0.5) is 11.4 Å². The van der Waals surface area contributed by atoms with Crippen LogP contribution >= 0.6 is 0 Å². The highest BCUT2D eigenvalue weighted by atomic mass is 16.6. The Labute approximate surface area is 160 Å². The van der Waals surface area contributed by atoms with Crippen molar-refractivity contribution in [2.24, 2.45) is 5.92 Å². The molecule has 0 aromatic heterocycles. The molecule has 2 fully saturated rings. The Hall–Kier alpha value is -2.15. The number of nitrogens with one attached hydrogen (secondary N) is 1. The SMILES string of the molecule is C[C@@H]1CCCC[C@@H]1NC(=O)[C@@H](C)N1CCN(c2ccc([N+](=O)[O-])cc2)CC1. The number of carbonyl (C=O) groups is 1. The van der Waals surface area contributed by atoms with E-state index in [2.05, 4.69) is 22.0 Å². The number of hydrogen-bond donors (Lipinski definition) is 1. The van der Waals surface area contributed by atoms with Crippen LogP contribution in [0.5, 0.6) is 0 Å². The van der Waals surface area contributed by atoms with Crippen LogP contribution < -0.4 is 10.2 Å². The van der Waals surface area contributed by atoms with Crippen LogP contribution in [0.2, 0.25) is 0 Å². The Bertz CT molecular complexity index is 656. The number of nitro benzene ring substituents is 1. The van der Waals surface area contributed by atoms with Crippen molar-refractivity contribution >= 4 is 17.3 Å². The second-order valence-electron chi connectivity index (χ2n) is 7.85. The summed E-state index contributed by atoms with van der Waals surface area (Å²) < 4.78 is 0. The maximum atomic E-state index is 12.7. The zero-order valence-corrected chi connectivity index (χ0v) is 16.3. The molecule has 27 heavy (non-hydrogen) atoms. The molecule has 1 aliphatic carbocycles.